The molecule has 3 N–H and O–H groups in total. The number of benzene rings is 1. The Morgan fingerprint density at radius 3 is 2.35 bits per heavy atom. The monoisotopic (exact) mass is 299 g/mol. The van der Waals surface area contributed by atoms with Crippen LogP contribution in [0, 0.1) is 0 Å². The second-order valence-electron chi connectivity index (χ2n) is 3.65. The highest BCUT2D eigenvalue weighted by atomic mass is 35.5. The summed E-state index contributed by atoms with van der Waals surface area (Å²) in [5.74, 6) is -1.42. The largest absolute Gasteiger partial charge is 0.445 e. The Kier molecular flexibility index (Phi) is 6.91. The lowest BCUT2D eigenvalue weighted by molar-refractivity contribution is -0.127. The molecule has 0 aliphatic heterocycles. The molecule has 0 spiro atoms. The van der Waals surface area contributed by atoms with Crippen LogP contribution in [-0.2, 0) is 20.9 Å². The molecule has 1 aromatic rings. The number of hydrogen-bond donors (Lipinski definition) is 3. The molecule has 0 fully saturated rings. The molecule has 1 aromatic carbocycles. The van der Waals surface area contributed by atoms with Gasteiger partial charge in [0.15, 0.2) is 0 Å². The Balaban J connectivity index is 2.16. The van der Waals surface area contributed by atoms with Crippen LogP contribution in [0.15, 0.2) is 30.3 Å². The Bertz CT molecular complexity index is 467. The summed E-state index contributed by atoms with van der Waals surface area (Å²) in [5, 5.41) is 2.24. The smallest absolute Gasteiger partial charge is 0.407 e. The first-order valence-corrected chi connectivity index (χ1v) is 6.23. The van der Waals surface area contributed by atoms with E-state index in [0.717, 1.165) is 5.56 Å². The number of hydrogen-bond acceptors (Lipinski definition) is 4. The molecule has 3 amide bonds. The molecule has 0 aromatic heterocycles. The van der Waals surface area contributed by atoms with E-state index in [1.54, 1.807) is 0 Å². The van der Waals surface area contributed by atoms with Crippen molar-refractivity contribution in [3.05, 3.63) is 35.9 Å². The van der Waals surface area contributed by atoms with Crippen molar-refractivity contribution in [2.24, 2.45) is 0 Å². The average Bonchev–Trinajstić information content (AvgIpc) is 2.49. The highest BCUT2D eigenvalue weighted by Crippen LogP contribution is 2.00. The Hall–Kier alpha value is -2.28. The zero-order valence-corrected chi connectivity index (χ0v) is 11.3. The number of carbonyl (C=O) groups excluding carboxylic acids is 3. The van der Waals surface area contributed by atoms with Gasteiger partial charge in [-0.1, -0.05) is 30.3 Å². The molecule has 108 valence electrons. The number of carbonyl (C=O) groups is 3. The molecule has 0 aliphatic carbocycles. The summed E-state index contributed by atoms with van der Waals surface area (Å²) < 4.78 is 4.89. The van der Waals surface area contributed by atoms with Gasteiger partial charge in [0, 0.05) is 0 Å². The van der Waals surface area contributed by atoms with E-state index in [1.807, 2.05) is 30.3 Å². The van der Waals surface area contributed by atoms with Crippen LogP contribution >= 0.6 is 11.6 Å². The molecular formula is C12H14ClN3O4. The predicted molar refractivity (Wildman–Crippen MR) is 71.6 cm³/mol. The van der Waals surface area contributed by atoms with Gasteiger partial charge in [-0.2, -0.15) is 0 Å². The molecule has 0 saturated carbocycles. The van der Waals surface area contributed by atoms with Gasteiger partial charge >= 0.3 is 6.09 Å². The molecule has 1 rings (SSSR count). The summed E-state index contributed by atoms with van der Waals surface area (Å²) in [7, 11) is 0. The molecule has 0 atom stereocenters. The number of ether oxygens (including phenoxy) is 1. The van der Waals surface area contributed by atoms with Crippen molar-refractivity contribution in [2.45, 2.75) is 6.61 Å². The van der Waals surface area contributed by atoms with Crippen LogP contribution in [0.25, 0.3) is 0 Å². The Morgan fingerprint density at radius 1 is 1.05 bits per heavy atom. The number of nitrogens with one attached hydrogen (secondary N) is 3. The fraction of sp³-hybridized carbons (Fsp3) is 0.250. The maximum absolute atomic E-state index is 11.3. The third-order valence-corrected chi connectivity index (χ3v) is 2.31. The van der Waals surface area contributed by atoms with Crippen LogP contribution in [0.3, 0.4) is 0 Å². The van der Waals surface area contributed by atoms with Gasteiger partial charge in [0.2, 0.25) is 0 Å². The molecule has 0 aliphatic rings. The number of alkyl carbamates (subject to hydrolysis) is 1. The van der Waals surface area contributed by atoms with E-state index in [4.69, 9.17) is 16.3 Å². The molecule has 0 bridgehead atoms. The average molecular weight is 300 g/mol. The maximum Gasteiger partial charge on any atom is 0.407 e. The molecule has 20 heavy (non-hydrogen) atoms. The Morgan fingerprint density at radius 2 is 1.70 bits per heavy atom. The maximum atomic E-state index is 11.3. The third-order valence-electron chi connectivity index (χ3n) is 2.07. The van der Waals surface area contributed by atoms with Gasteiger partial charge in [-0.15, -0.1) is 11.6 Å². The van der Waals surface area contributed by atoms with Crippen LogP contribution in [0.2, 0.25) is 0 Å². The second kappa shape index (κ2) is 8.76. The van der Waals surface area contributed by atoms with E-state index in [-0.39, 0.29) is 19.0 Å². The van der Waals surface area contributed by atoms with Gasteiger partial charge in [-0.25, -0.2) is 4.79 Å². The van der Waals surface area contributed by atoms with Crippen LogP contribution < -0.4 is 16.2 Å². The fourth-order valence-corrected chi connectivity index (χ4v) is 1.21. The van der Waals surface area contributed by atoms with Crippen molar-refractivity contribution >= 4 is 29.5 Å². The molecule has 7 nitrogen and oxygen atoms in total. The summed E-state index contributed by atoms with van der Waals surface area (Å²) in [4.78, 5) is 33.2. The van der Waals surface area contributed by atoms with Gasteiger partial charge in [0.25, 0.3) is 11.8 Å². The SMILES string of the molecule is O=C(CCl)NNC(=O)CNC(=O)OCc1ccccc1. The summed E-state index contributed by atoms with van der Waals surface area (Å²) in [6.07, 6.45) is -0.729. The van der Waals surface area contributed by atoms with Crippen molar-refractivity contribution < 1.29 is 19.1 Å². The van der Waals surface area contributed by atoms with Crippen molar-refractivity contribution in [3.63, 3.8) is 0 Å². The highest BCUT2D eigenvalue weighted by molar-refractivity contribution is 6.27. The summed E-state index contributed by atoms with van der Waals surface area (Å²) in [5.41, 5.74) is 4.96. The lowest BCUT2D eigenvalue weighted by Gasteiger charge is -2.08. The normalized spacial score (nSPS) is 9.45. The van der Waals surface area contributed by atoms with Crippen molar-refractivity contribution in [1.29, 1.82) is 0 Å². The van der Waals surface area contributed by atoms with Crippen LogP contribution in [0.1, 0.15) is 5.56 Å². The first-order chi connectivity index (χ1) is 9.61. The lowest BCUT2D eigenvalue weighted by atomic mass is 10.2. The molecular weight excluding hydrogens is 286 g/mol. The van der Waals surface area contributed by atoms with E-state index in [9.17, 15) is 14.4 Å². The highest BCUT2D eigenvalue weighted by Gasteiger charge is 2.07. The first kappa shape index (κ1) is 15.8. The fourth-order valence-electron chi connectivity index (χ4n) is 1.14. The van der Waals surface area contributed by atoms with E-state index in [1.165, 1.54) is 0 Å². The minimum atomic E-state index is -0.729. The second-order valence-corrected chi connectivity index (χ2v) is 3.91. The summed E-state index contributed by atoms with van der Waals surface area (Å²) in [6, 6.07) is 9.11. The zero-order valence-electron chi connectivity index (χ0n) is 10.5. The van der Waals surface area contributed by atoms with Crippen molar-refractivity contribution in [1.82, 2.24) is 16.2 Å². The molecule has 8 heteroatoms. The van der Waals surface area contributed by atoms with E-state index < -0.39 is 17.9 Å². The van der Waals surface area contributed by atoms with Crippen LogP contribution in [0.4, 0.5) is 4.79 Å². The minimum absolute atomic E-state index is 0.108. The van der Waals surface area contributed by atoms with E-state index in [0.29, 0.717) is 0 Å². The van der Waals surface area contributed by atoms with Crippen molar-refractivity contribution in [3.8, 4) is 0 Å². The van der Waals surface area contributed by atoms with Gasteiger partial charge in [-0.05, 0) is 5.56 Å². The van der Waals surface area contributed by atoms with Crippen LogP contribution in [0.5, 0.6) is 0 Å². The first-order valence-electron chi connectivity index (χ1n) is 5.70. The Labute approximate surface area is 120 Å². The molecule has 0 saturated heterocycles. The summed E-state index contributed by atoms with van der Waals surface area (Å²) >= 11 is 5.21. The van der Waals surface area contributed by atoms with Crippen molar-refractivity contribution in [2.75, 3.05) is 12.4 Å². The number of rotatable bonds is 5. The van der Waals surface area contributed by atoms with E-state index in [2.05, 4.69) is 16.2 Å². The van der Waals surface area contributed by atoms with E-state index >= 15 is 0 Å². The standard InChI is InChI=1S/C12H14ClN3O4/c13-6-10(17)15-16-11(18)7-14-12(19)20-8-9-4-2-1-3-5-9/h1-5H,6-8H2,(H,14,19)(H,15,17)(H,16,18). The van der Waals surface area contributed by atoms with Gasteiger partial charge < -0.3 is 10.1 Å². The quantitative estimate of drug-likeness (QED) is 0.538. The number of alkyl halides is 1. The predicted octanol–water partition coefficient (Wildman–Crippen LogP) is 0.299. The topological polar surface area (TPSA) is 96.5 Å². The third kappa shape index (κ3) is 6.60. The van der Waals surface area contributed by atoms with Crippen LogP contribution in [-0.4, -0.2) is 30.3 Å². The van der Waals surface area contributed by atoms with Gasteiger partial charge in [0.05, 0.1) is 0 Å². The van der Waals surface area contributed by atoms with Gasteiger partial charge in [0.1, 0.15) is 19.0 Å². The molecule has 0 heterocycles. The lowest BCUT2D eigenvalue weighted by Crippen LogP contribution is -2.46. The summed E-state index contributed by atoms with van der Waals surface area (Å²) in [6.45, 7) is -0.215. The zero-order chi connectivity index (χ0) is 14.8. The number of hydrazine groups is 1. The number of halogens is 1. The number of amides is 3. The van der Waals surface area contributed by atoms with Gasteiger partial charge in [-0.3, -0.25) is 20.4 Å². The molecule has 0 unspecified atom stereocenters. The molecule has 0 radical (unpaired) electrons. The minimum Gasteiger partial charge on any atom is -0.445 e.